The molecule has 3 heteroatoms. The topological polar surface area (TPSA) is 12.5 Å². The smallest absolute Gasteiger partial charge is 0.123 e. The fraction of sp³-hybridized carbons (Fsp3) is 0.684. The van der Waals surface area contributed by atoms with E-state index in [1.54, 1.807) is 12.1 Å². The summed E-state index contributed by atoms with van der Waals surface area (Å²) in [5.41, 5.74) is 2.22. The zero-order valence-electron chi connectivity index (χ0n) is 14.6. The molecule has 0 bridgehead atoms. The summed E-state index contributed by atoms with van der Waals surface area (Å²) in [5.74, 6) is 0.864. The average molecular weight is 305 g/mol. The van der Waals surface area contributed by atoms with Gasteiger partial charge < -0.3 is 0 Å². The predicted molar refractivity (Wildman–Crippen MR) is 87.1 cm³/mol. The quantitative estimate of drug-likeness (QED) is 0.759. The van der Waals surface area contributed by atoms with Crippen molar-refractivity contribution in [1.82, 2.24) is 5.06 Å². The van der Waals surface area contributed by atoms with Gasteiger partial charge in [-0.1, -0.05) is 19.9 Å². The Hall–Kier alpha value is -0.930. The summed E-state index contributed by atoms with van der Waals surface area (Å²) in [6.07, 6.45) is 2.12. The molecular formula is C19H28FNO. The number of nitrogens with zero attached hydrogens (tertiary/aromatic N) is 1. The second-order valence-corrected chi connectivity index (χ2v) is 8.24. The molecule has 1 aliphatic heterocycles. The number of fused-ring (bicyclic) bond motifs is 1. The van der Waals surface area contributed by atoms with E-state index in [4.69, 9.17) is 4.84 Å². The maximum absolute atomic E-state index is 13.8. The van der Waals surface area contributed by atoms with E-state index >= 15 is 0 Å². The second-order valence-electron chi connectivity index (χ2n) is 8.24. The van der Waals surface area contributed by atoms with Crippen molar-refractivity contribution in [2.75, 3.05) is 7.05 Å². The highest BCUT2D eigenvalue weighted by Gasteiger charge is 2.55. The largest absolute Gasteiger partial charge is 0.293 e. The highest BCUT2D eigenvalue weighted by molar-refractivity contribution is 5.35. The maximum atomic E-state index is 13.8. The van der Waals surface area contributed by atoms with E-state index in [1.165, 1.54) is 11.1 Å². The summed E-state index contributed by atoms with van der Waals surface area (Å²) in [6, 6.07) is 5.68. The third-order valence-corrected chi connectivity index (χ3v) is 5.98. The molecule has 1 saturated carbocycles. The number of halogens is 1. The molecular weight excluding hydrogens is 277 g/mol. The molecule has 1 heterocycles. The lowest BCUT2D eigenvalue weighted by atomic mass is 9.58. The van der Waals surface area contributed by atoms with Crippen molar-refractivity contribution >= 4 is 0 Å². The third kappa shape index (κ3) is 2.39. The molecule has 0 N–H and O–H groups in total. The molecule has 2 aliphatic rings. The van der Waals surface area contributed by atoms with Crippen molar-refractivity contribution in [3.05, 3.63) is 35.1 Å². The van der Waals surface area contributed by atoms with Crippen LogP contribution >= 0.6 is 0 Å². The number of hydrogen-bond acceptors (Lipinski definition) is 2. The first-order valence-corrected chi connectivity index (χ1v) is 8.33. The van der Waals surface area contributed by atoms with E-state index in [9.17, 15) is 4.39 Å². The van der Waals surface area contributed by atoms with Gasteiger partial charge in [0.05, 0.1) is 5.60 Å². The minimum Gasteiger partial charge on any atom is -0.293 e. The molecule has 0 aromatic heterocycles. The molecule has 2 nitrogen and oxygen atoms in total. The van der Waals surface area contributed by atoms with Gasteiger partial charge in [0, 0.05) is 19.0 Å². The van der Waals surface area contributed by atoms with Gasteiger partial charge in [-0.25, -0.2) is 4.39 Å². The number of hydroxylamine groups is 2. The van der Waals surface area contributed by atoms with Crippen molar-refractivity contribution in [3.8, 4) is 0 Å². The van der Waals surface area contributed by atoms with E-state index in [2.05, 4.69) is 46.7 Å². The van der Waals surface area contributed by atoms with E-state index in [0.29, 0.717) is 17.9 Å². The molecule has 4 atom stereocenters. The van der Waals surface area contributed by atoms with Gasteiger partial charge in [-0.3, -0.25) is 4.84 Å². The fourth-order valence-electron chi connectivity index (χ4n) is 5.15. The monoisotopic (exact) mass is 305 g/mol. The molecule has 1 aliphatic carbocycles. The predicted octanol–water partition coefficient (Wildman–Crippen LogP) is 4.46. The van der Waals surface area contributed by atoms with Crippen LogP contribution in [0.3, 0.4) is 0 Å². The molecule has 3 rings (SSSR count). The van der Waals surface area contributed by atoms with Crippen molar-refractivity contribution in [1.29, 1.82) is 0 Å². The lowest BCUT2D eigenvalue weighted by molar-refractivity contribution is -0.182. The van der Waals surface area contributed by atoms with Crippen LogP contribution in [-0.2, 0) is 10.3 Å². The average Bonchev–Trinajstić information content (AvgIpc) is 2.62. The van der Waals surface area contributed by atoms with Gasteiger partial charge in [-0.15, -0.1) is 0 Å². The van der Waals surface area contributed by atoms with Gasteiger partial charge in [-0.05, 0) is 68.2 Å². The van der Waals surface area contributed by atoms with E-state index in [-0.39, 0.29) is 16.8 Å². The van der Waals surface area contributed by atoms with Crippen LogP contribution in [0.1, 0.15) is 51.7 Å². The van der Waals surface area contributed by atoms with Crippen LogP contribution in [0.25, 0.3) is 0 Å². The van der Waals surface area contributed by atoms with Crippen LogP contribution < -0.4 is 0 Å². The first-order valence-electron chi connectivity index (χ1n) is 8.33. The molecule has 0 spiro atoms. The summed E-state index contributed by atoms with van der Waals surface area (Å²) in [6.45, 7) is 11.1. The van der Waals surface area contributed by atoms with Crippen molar-refractivity contribution in [2.45, 2.75) is 64.5 Å². The van der Waals surface area contributed by atoms with E-state index in [0.717, 1.165) is 12.8 Å². The number of rotatable bonds is 1. The Morgan fingerprint density at radius 2 is 1.91 bits per heavy atom. The molecule has 1 aromatic rings. The zero-order chi connectivity index (χ0) is 16.3. The summed E-state index contributed by atoms with van der Waals surface area (Å²) >= 11 is 0. The number of benzene rings is 1. The van der Waals surface area contributed by atoms with E-state index in [1.807, 2.05) is 6.07 Å². The Kier molecular flexibility index (Phi) is 3.65. The summed E-state index contributed by atoms with van der Waals surface area (Å²) < 4.78 is 13.8. The SMILES string of the molecule is Cc1ccc(F)cc1C1(C)CC(C)C2C(C1)C(C)(C)ON2C. The van der Waals surface area contributed by atoms with Crippen LogP contribution in [0.15, 0.2) is 18.2 Å². The Bertz CT molecular complexity index is 585. The molecule has 2 fully saturated rings. The fourth-order valence-corrected chi connectivity index (χ4v) is 5.15. The standard InChI is InChI=1S/C19H28FNO/c1-12-7-8-14(20)9-15(12)19(5)10-13(2)17-16(11-19)18(3,4)22-21(17)6/h7-9,13,16-17H,10-11H2,1-6H3. The second kappa shape index (κ2) is 5.04. The van der Waals surface area contributed by atoms with Crippen molar-refractivity contribution in [3.63, 3.8) is 0 Å². The lowest BCUT2D eigenvalue weighted by Crippen LogP contribution is -2.48. The minimum atomic E-state index is -0.156. The number of aryl methyl sites for hydroxylation is 1. The first-order chi connectivity index (χ1) is 10.1. The van der Waals surface area contributed by atoms with Gasteiger partial charge in [0.25, 0.3) is 0 Å². The van der Waals surface area contributed by atoms with Crippen molar-refractivity contribution < 1.29 is 9.23 Å². The van der Waals surface area contributed by atoms with Gasteiger partial charge in [0.15, 0.2) is 0 Å². The van der Waals surface area contributed by atoms with Gasteiger partial charge in [-0.2, -0.15) is 5.06 Å². The highest BCUT2D eigenvalue weighted by atomic mass is 19.1. The Balaban J connectivity index is 2.01. The first kappa shape index (κ1) is 15.9. The maximum Gasteiger partial charge on any atom is 0.123 e. The molecule has 1 saturated heterocycles. The van der Waals surface area contributed by atoms with Gasteiger partial charge in [0.1, 0.15) is 5.82 Å². The van der Waals surface area contributed by atoms with Crippen LogP contribution in [-0.4, -0.2) is 23.8 Å². The van der Waals surface area contributed by atoms with Crippen LogP contribution in [0, 0.1) is 24.6 Å². The van der Waals surface area contributed by atoms with Crippen molar-refractivity contribution in [2.24, 2.45) is 11.8 Å². The van der Waals surface area contributed by atoms with Gasteiger partial charge in [0.2, 0.25) is 0 Å². The normalized spacial score (nSPS) is 38.0. The Morgan fingerprint density at radius 3 is 2.59 bits per heavy atom. The lowest BCUT2D eigenvalue weighted by Gasteiger charge is -2.47. The highest BCUT2D eigenvalue weighted by Crippen LogP contribution is 2.53. The third-order valence-electron chi connectivity index (χ3n) is 5.98. The Labute approximate surface area is 133 Å². The summed E-state index contributed by atoms with van der Waals surface area (Å²) in [7, 11) is 2.05. The van der Waals surface area contributed by atoms with Crippen LogP contribution in [0.2, 0.25) is 0 Å². The molecule has 4 unspecified atom stereocenters. The summed E-state index contributed by atoms with van der Waals surface area (Å²) in [5, 5.41) is 2.06. The molecule has 0 amide bonds. The molecule has 122 valence electrons. The Morgan fingerprint density at radius 1 is 1.23 bits per heavy atom. The van der Waals surface area contributed by atoms with Crippen LogP contribution in [0.5, 0.6) is 0 Å². The minimum absolute atomic E-state index is 0.0125. The number of hydrogen-bond donors (Lipinski definition) is 0. The van der Waals surface area contributed by atoms with E-state index < -0.39 is 0 Å². The summed E-state index contributed by atoms with van der Waals surface area (Å²) in [4.78, 5) is 6.11. The van der Waals surface area contributed by atoms with Crippen LogP contribution in [0.4, 0.5) is 4.39 Å². The molecule has 1 aromatic carbocycles. The van der Waals surface area contributed by atoms with Gasteiger partial charge >= 0.3 is 0 Å². The molecule has 22 heavy (non-hydrogen) atoms. The zero-order valence-corrected chi connectivity index (χ0v) is 14.6. The molecule has 0 radical (unpaired) electrons.